The molecule has 0 aromatic heterocycles. The van der Waals surface area contributed by atoms with Gasteiger partial charge in [0, 0.05) is 0 Å². The third-order valence-corrected chi connectivity index (χ3v) is 2.55. The molecule has 90 valence electrons. The van der Waals surface area contributed by atoms with Crippen LogP contribution in [0.25, 0.3) is 0 Å². The number of benzene rings is 1. The van der Waals surface area contributed by atoms with Crippen molar-refractivity contribution in [1.82, 2.24) is 0 Å². The first-order chi connectivity index (χ1) is 8.17. The van der Waals surface area contributed by atoms with Gasteiger partial charge in [0.2, 0.25) is 0 Å². The summed E-state index contributed by atoms with van der Waals surface area (Å²) in [6.45, 7) is 12.3. The van der Waals surface area contributed by atoms with Crippen LogP contribution < -0.4 is 4.74 Å². The first-order valence-electron chi connectivity index (χ1n) is 5.84. The van der Waals surface area contributed by atoms with Crippen molar-refractivity contribution in [2.75, 3.05) is 6.61 Å². The first kappa shape index (κ1) is 13.3. The Hall–Kier alpha value is -1.76. The fraction of sp³-hybridized carbons (Fsp3) is 0.250. The highest BCUT2D eigenvalue weighted by atomic mass is 16.5. The molecule has 1 nitrogen and oxygen atoms in total. The van der Waals surface area contributed by atoms with Gasteiger partial charge in [-0.25, -0.2) is 0 Å². The second kappa shape index (κ2) is 6.74. The smallest absolute Gasteiger partial charge is 0.119 e. The van der Waals surface area contributed by atoms with E-state index >= 15 is 0 Å². The predicted octanol–water partition coefficient (Wildman–Crippen LogP) is 4.49. The normalized spacial score (nSPS) is 11.4. The van der Waals surface area contributed by atoms with Crippen molar-refractivity contribution in [1.29, 1.82) is 0 Å². The molecule has 1 aromatic carbocycles. The Morgan fingerprint density at radius 1 is 1.24 bits per heavy atom. The van der Waals surface area contributed by atoms with E-state index in [9.17, 15) is 0 Å². The van der Waals surface area contributed by atoms with Crippen LogP contribution in [0.2, 0.25) is 0 Å². The van der Waals surface area contributed by atoms with Crippen molar-refractivity contribution in [2.45, 2.75) is 19.8 Å². The Morgan fingerprint density at radius 2 is 1.88 bits per heavy atom. The Morgan fingerprint density at radius 3 is 2.35 bits per heavy atom. The summed E-state index contributed by atoms with van der Waals surface area (Å²) in [4.78, 5) is 0. The van der Waals surface area contributed by atoms with Crippen molar-refractivity contribution < 1.29 is 4.74 Å². The van der Waals surface area contributed by atoms with Crippen molar-refractivity contribution in [3.63, 3.8) is 0 Å². The van der Waals surface area contributed by atoms with Crippen LogP contribution in [-0.2, 0) is 0 Å². The topological polar surface area (TPSA) is 9.23 Å². The van der Waals surface area contributed by atoms with Gasteiger partial charge in [-0.05, 0) is 29.2 Å². The predicted molar refractivity (Wildman–Crippen MR) is 74.5 cm³/mol. The minimum atomic E-state index is 0.524. The van der Waals surface area contributed by atoms with E-state index < -0.39 is 0 Å². The summed E-state index contributed by atoms with van der Waals surface area (Å²) in [5, 5.41) is 0. The standard InChI is InChI=1S/C16H20O/c1-5-7-14(6-2)12-17-16-10-8-15(9-11-16)13(3)4/h5-11,13H,1-2,12H2,3-4H3/b14-7+. The largest absolute Gasteiger partial charge is 0.489 e. The van der Waals surface area contributed by atoms with Crippen molar-refractivity contribution >= 4 is 0 Å². The van der Waals surface area contributed by atoms with Gasteiger partial charge in [-0.2, -0.15) is 0 Å². The maximum atomic E-state index is 5.66. The fourth-order valence-corrected chi connectivity index (χ4v) is 1.44. The minimum absolute atomic E-state index is 0.524. The van der Waals surface area contributed by atoms with Gasteiger partial charge in [0.05, 0.1) is 0 Å². The quantitative estimate of drug-likeness (QED) is 0.652. The molecule has 0 spiro atoms. The van der Waals surface area contributed by atoms with Gasteiger partial charge in [0.25, 0.3) is 0 Å². The third-order valence-electron chi connectivity index (χ3n) is 2.55. The van der Waals surface area contributed by atoms with Crippen LogP contribution in [0.5, 0.6) is 5.75 Å². The van der Waals surface area contributed by atoms with Crippen LogP contribution in [-0.4, -0.2) is 6.61 Å². The van der Waals surface area contributed by atoms with Crippen LogP contribution >= 0.6 is 0 Å². The van der Waals surface area contributed by atoms with E-state index in [4.69, 9.17) is 4.74 Å². The Bertz CT molecular complexity index is 396. The Labute approximate surface area is 104 Å². The molecule has 0 fully saturated rings. The zero-order valence-electron chi connectivity index (χ0n) is 10.6. The summed E-state index contributed by atoms with van der Waals surface area (Å²) in [6, 6.07) is 8.21. The van der Waals surface area contributed by atoms with Crippen LogP contribution in [0.3, 0.4) is 0 Å². The van der Waals surface area contributed by atoms with E-state index in [1.165, 1.54) is 5.56 Å². The molecule has 0 amide bonds. The molecule has 1 rings (SSSR count). The molecular formula is C16H20O. The Balaban J connectivity index is 2.60. The van der Waals surface area contributed by atoms with Crippen LogP contribution in [0, 0.1) is 0 Å². The lowest BCUT2D eigenvalue weighted by Gasteiger charge is -2.09. The van der Waals surface area contributed by atoms with E-state index in [2.05, 4.69) is 39.1 Å². The molecule has 0 saturated carbocycles. The van der Waals surface area contributed by atoms with E-state index in [0.717, 1.165) is 11.3 Å². The van der Waals surface area contributed by atoms with Crippen LogP contribution in [0.4, 0.5) is 0 Å². The highest BCUT2D eigenvalue weighted by Crippen LogP contribution is 2.18. The molecule has 0 N–H and O–H groups in total. The molecule has 0 aliphatic carbocycles. The van der Waals surface area contributed by atoms with Gasteiger partial charge >= 0.3 is 0 Å². The van der Waals surface area contributed by atoms with E-state index in [1.807, 2.05) is 18.2 Å². The minimum Gasteiger partial charge on any atom is -0.489 e. The van der Waals surface area contributed by atoms with Crippen molar-refractivity contribution in [3.05, 3.63) is 66.8 Å². The highest BCUT2D eigenvalue weighted by Gasteiger charge is 1.99. The molecule has 0 unspecified atom stereocenters. The average Bonchev–Trinajstić information content (AvgIpc) is 2.35. The zero-order chi connectivity index (χ0) is 12.7. The van der Waals surface area contributed by atoms with Crippen LogP contribution in [0.1, 0.15) is 25.3 Å². The van der Waals surface area contributed by atoms with Gasteiger partial charge in [0.15, 0.2) is 0 Å². The van der Waals surface area contributed by atoms with Gasteiger partial charge < -0.3 is 4.74 Å². The monoisotopic (exact) mass is 228 g/mol. The third kappa shape index (κ3) is 4.31. The number of hydrogen-bond donors (Lipinski definition) is 0. The number of allylic oxidation sites excluding steroid dienone is 2. The average molecular weight is 228 g/mol. The fourth-order valence-electron chi connectivity index (χ4n) is 1.44. The molecule has 0 aliphatic heterocycles. The highest BCUT2D eigenvalue weighted by molar-refractivity contribution is 5.30. The lowest BCUT2D eigenvalue weighted by atomic mass is 10.0. The molecule has 17 heavy (non-hydrogen) atoms. The van der Waals surface area contributed by atoms with E-state index in [1.54, 1.807) is 12.2 Å². The SMILES string of the molecule is C=C/C=C(\C=C)COc1ccc(C(C)C)cc1. The van der Waals surface area contributed by atoms with Crippen LogP contribution in [0.15, 0.2) is 61.2 Å². The molecule has 0 bridgehead atoms. The summed E-state index contributed by atoms with van der Waals surface area (Å²) in [6.07, 6.45) is 5.42. The van der Waals surface area contributed by atoms with E-state index in [-0.39, 0.29) is 0 Å². The molecule has 0 heterocycles. The summed E-state index contributed by atoms with van der Waals surface area (Å²) >= 11 is 0. The second-order valence-electron chi connectivity index (χ2n) is 4.19. The Kier molecular flexibility index (Phi) is 5.28. The lowest BCUT2D eigenvalue weighted by Crippen LogP contribution is -1.99. The summed E-state index contributed by atoms with van der Waals surface area (Å²) in [5.41, 5.74) is 2.34. The summed E-state index contributed by atoms with van der Waals surface area (Å²) < 4.78 is 5.66. The molecule has 0 atom stereocenters. The number of rotatable bonds is 6. The van der Waals surface area contributed by atoms with E-state index in [0.29, 0.717) is 12.5 Å². The second-order valence-corrected chi connectivity index (χ2v) is 4.19. The summed E-state index contributed by atoms with van der Waals surface area (Å²) in [7, 11) is 0. The molecular weight excluding hydrogens is 208 g/mol. The van der Waals surface area contributed by atoms with Gasteiger partial charge in [-0.1, -0.05) is 57.4 Å². The van der Waals surface area contributed by atoms with Gasteiger partial charge in [-0.3, -0.25) is 0 Å². The summed E-state index contributed by atoms with van der Waals surface area (Å²) in [5.74, 6) is 1.43. The molecule has 0 saturated heterocycles. The van der Waals surface area contributed by atoms with Gasteiger partial charge in [0.1, 0.15) is 12.4 Å². The molecule has 1 aromatic rings. The molecule has 0 aliphatic rings. The molecule has 0 radical (unpaired) electrons. The number of hydrogen-bond acceptors (Lipinski definition) is 1. The lowest BCUT2D eigenvalue weighted by molar-refractivity contribution is 0.355. The maximum Gasteiger partial charge on any atom is 0.119 e. The number of ether oxygens (including phenoxy) is 1. The molecule has 1 heteroatoms. The first-order valence-corrected chi connectivity index (χ1v) is 5.84. The maximum absolute atomic E-state index is 5.66. The van der Waals surface area contributed by atoms with Crippen molar-refractivity contribution in [3.8, 4) is 5.75 Å². The zero-order valence-corrected chi connectivity index (χ0v) is 10.6. The van der Waals surface area contributed by atoms with Crippen molar-refractivity contribution in [2.24, 2.45) is 0 Å². The van der Waals surface area contributed by atoms with Gasteiger partial charge in [-0.15, -0.1) is 0 Å².